The molecule has 0 aromatic rings. The molecule has 0 radical (unpaired) electrons. The molecule has 0 aliphatic heterocycles. The molecule has 0 atom stereocenters. The zero-order chi connectivity index (χ0) is 9.78. The molecule has 1 heteroatoms. The van der Waals surface area contributed by atoms with Gasteiger partial charge in [0.25, 0.3) is 0 Å². The van der Waals surface area contributed by atoms with Gasteiger partial charge in [0.15, 0.2) is 5.78 Å². The van der Waals surface area contributed by atoms with Gasteiger partial charge >= 0.3 is 0 Å². The van der Waals surface area contributed by atoms with Crippen LogP contribution in [0, 0.1) is 11.3 Å². The van der Waals surface area contributed by atoms with E-state index in [0.29, 0.717) is 5.92 Å². The summed E-state index contributed by atoms with van der Waals surface area (Å²) in [6, 6.07) is 0. The first kappa shape index (κ1) is 11.4. The standard InChI is InChI=1S/C11H20O/c1-9(2)7-6-8-10(12)11(3,4)5/h6,8-9H,7H2,1-5H3/b8-6+. The van der Waals surface area contributed by atoms with E-state index in [2.05, 4.69) is 13.8 Å². The predicted octanol–water partition coefficient (Wildman–Crippen LogP) is 3.20. The highest BCUT2D eigenvalue weighted by atomic mass is 16.1. The topological polar surface area (TPSA) is 17.1 Å². The van der Waals surface area contributed by atoms with Gasteiger partial charge < -0.3 is 0 Å². The maximum absolute atomic E-state index is 11.4. The highest BCUT2D eigenvalue weighted by Gasteiger charge is 2.17. The normalized spacial score (nSPS) is 12.8. The van der Waals surface area contributed by atoms with Gasteiger partial charge in [-0.2, -0.15) is 0 Å². The molecule has 0 amide bonds. The van der Waals surface area contributed by atoms with Crippen molar-refractivity contribution in [3.8, 4) is 0 Å². The van der Waals surface area contributed by atoms with Gasteiger partial charge in [-0.15, -0.1) is 0 Å². The van der Waals surface area contributed by atoms with E-state index in [0.717, 1.165) is 6.42 Å². The lowest BCUT2D eigenvalue weighted by molar-refractivity contribution is -0.121. The first-order valence-electron chi connectivity index (χ1n) is 4.55. The Morgan fingerprint density at radius 1 is 1.33 bits per heavy atom. The Balaban J connectivity index is 3.93. The fraction of sp³-hybridized carbons (Fsp3) is 0.727. The molecule has 70 valence electrons. The van der Waals surface area contributed by atoms with Crippen molar-refractivity contribution >= 4 is 5.78 Å². The van der Waals surface area contributed by atoms with Gasteiger partial charge in [-0.1, -0.05) is 40.7 Å². The summed E-state index contributed by atoms with van der Waals surface area (Å²) in [6.07, 6.45) is 4.67. The Morgan fingerprint density at radius 2 is 1.83 bits per heavy atom. The molecule has 12 heavy (non-hydrogen) atoms. The lowest BCUT2D eigenvalue weighted by Crippen LogP contribution is -2.17. The Morgan fingerprint density at radius 3 is 2.17 bits per heavy atom. The summed E-state index contributed by atoms with van der Waals surface area (Å²) in [7, 11) is 0. The summed E-state index contributed by atoms with van der Waals surface area (Å²) >= 11 is 0. The quantitative estimate of drug-likeness (QED) is 0.591. The number of hydrogen-bond donors (Lipinski definition) is 0. The predicted molar refractivity (Wildman–Crippen MR) is 53.1 cm³/mol. The average Bonchev–Trinajstić information content (AvgIpc) is 1.84. The Hall–Kier alpha value is -0.590. The molecule has 0 saturated heterocycles. The van der Waals surface area contributed by atoms with Crippen LogP contribution in [0.3, 0.4) is 0 Å². The van der Waals surface area contributed by atoms with E-state index in [1.54, 1.807) is 6.08 Å². The van der Waals surface area contributed by atoms with E-state index < -0.39 is 0 Å². The summed E-state index contributed by atoms with van der Waals surface area (Å²) in [5.41, 5.74) is -0.229. The average molecular weight is 168 g/mol. The highest BCUT2D eigenvalue weighted by Crippen LogP contribution is 2.15. The maximum atomic E-state index is 11.4. The van der Waals surface area contributed by atoms with Crippen LogP contribution in [0.4, 0.5) is 0 Å². The zero-order valence-corrected chi connectivity index (χ0v) is 8.85. The molecule has 0 rings (SSSR count). The van der Waals surface area contributed by atoms with Crippen molar-refractivity contribution in [1.29, 1.82) is 0 Å². The van der Waals surface area contributed by atoms with E-state index >= 15 is 0 Å². The summed E-state index contributed by atoms with van der Waals surface area (Å²) in [6.45, 7) is 10.1. The van der Waals surface area contributed by atoms with Gasteiger partial charge in [-0.25, -0.2) is 0 Å². The molecule has 0 aromatic heterocycles. The second-order valence-electron chi connectivity index (χ2n) is 4.65. The summed E-state index contributed by atoms with van der Waals surface area (Å²) in [5.74, 6) is 0.845. The minimum Gasteiger partial charge on any atom is -0.294 e. The van der Waals surface area contributed by atoms with Gasteiger partial charge in [-0.05, 0) is 18.4 Å². The summed E-state index contributed by atoms with van der Waals surface area (Å²) < 4.78 is 0. The Bertz CT molecular complexity index is 170. The zero-order valence-electron chi connectivity index (χ0n) is 8.85. The van der Waals surface area contributed by atoms with Crippen LogP contribution >= 0.6 is 0 Å². The molecule has 0 saturated carbocycles. The van der Waals surface area contributed by atoms with Crippen LogP contribution in [-0.4, -0.2) is 5.78 Å². The van der Waals surface area contributed by atoms with Crippen LogP contribution in [-0.2, 0) is 4.79 Å². The van der Waals surface area contributed by atoms with Gasteiger partial charge in [0.1, 0.15) is 0 Å². The van der Waals surface area contributed by atoms with Gasteiger partial charge in [0.2, 0.25) is 0 Å². The molecule has 1 nitrogen and oxygen atoms in total. The smallest absolute Gasteiger partial charge is 0.160 e. The van der Waals surface area contributed by atoms with Gasteiger partial charge in [0, 0.05) is 5.41 Å². The number of hydrogen-bond acceptors (Lipinski definition) is 1. The second kappa shape index (κ2) is 4.44. The third-order valence-corrected chi connectivity index (χ3v) is 1.62. The van der Waals surface area contributed by atoms with Crippen LogP contribution in [0.25, 0.3) is 0 Å². The Kier molecular flexibility index (Phi) is 4.22. The van der Waals surface area contributed by atoms with Crippen LogP contribution in [0.1, 0.15) is 41.0 Å². The molecule has 0 N–H and O–H groups in total. The molecular weight excluding hydrogens is 148 g/mol. The van der Waals surface area contributed by atoms with Crippen molar-refractivity contribution in [1.82, 2.24) is 0 Å². The SMILES string of the molecule is CC(C)C/C=C/C(=O)C(C)(C)C. The van der Waals surface area contributed by atoms with Crippen LogP contribution < -0.4 is 0 Å². The third kappa shape index (κ3) is 5.11. The van der Waals surface area contributed by atoms with E-state index in [4.69, 9.17) is 0 Å². The first-order valence-corrected chi connectivity index (χ1v) is 4.55. The largest absolute Gasteiger partial charge is 0.294 e. The Labute approximate surface area is 75.9 Å². The van der Waals surface area contributed by atoms with Crippen molar-refractivity contribution in [3.63, 3.8) is 0 Å². The number of carbonyl (C=O) groups excluding carboxylic acids is 1. The lowest BCUT2D eigenvalue weighted by atomic mass is 9.90. The number of ketones is 1. The minimum absolute atomic E-state index is 0.211. The second-order valence-corrected chi connectivity index (χ2v) is 4.65. The molecule has 0 aliphatic carbocycles. The number of allylic oxidation sites excluding steroid dienone is 2. The van der Waals surface area contributed by atoms with Crippen LogP contribution in [0.5, 0.6) is 0 Å². The summed E-state index contributed by atoms with van der Waals surface area (Å²) in [4.78, 5) is 11.4. The number of rotatable bonds is 3. The van der Waals surface area contributed by atoms with Crippen molar-refractivity contribution in [2.24, 2.45) is 11.3 Å². The fourth-order valence-electron chi connectivity index (χ4n) is 0.697. The monoisotopic (exact) mass is 168 g/mol. The molecule has 0 fully saturated rings. The first-order chi connectivity index (χ1) is 5.34. The number of carbonyl (C=O) groups is 1. The lowest BCUT2D eigenvalue weighted by Gasteiger charge is -2.12. The molecular formula is C11H20O. The maximum Gasteiger partial charge on any atom is 0.160 e. The van der Waals surface area contributed by atoms with Gasteiger partial charge in [-0.3, -0.25) is 4.79 Å². The van der Waals surface area contributed by atoms with Crippen molar-refractivity contribution in [2.75, 3.05) is 0 Å². The van der Waals surface area contributed by atoms with Crippen molar-refractivity contribution in [2.45, 2.75) is 41.0 Å². The molecule has 0 aliphatic rings. The fourth-order valence-corrected chi connectivity index (χ4v) is 0.697. The van der Waals surface area contributed by atoms with Crippen molar-refractivity contribution in [3.05, 3.63) is 12.2 Å². The third-order valence-electron chi connectivity index (χ3n) is 1.62. The van der Waals surface area contributed by atoms with E-state index in [9.17, 15) is 4.79 Å². The van der Waals surface area contributed by atoms with Crippen molar-refractivity contribution < 1.29 is 4.79 Å². The van der Waals surface area contributed by atoms with Gasteiger partial charge in [0.05, 0.1) is 0 Å². The van der Waals surface area contributed by atoms with Crippen LogP contribution in [0.2, 0.25) is 0 Å². The van der Waals surface area contributed by atoms with E-state index in [1.807, 2.05) is 26.8 Å². The molecule has 0 unspecified atom stereocenters. The molecule has 0 aromatic carbocycles. The van der Waals surface area contributed by atoms with E-state index in [1.165, 1.54) is 0 Å². The highest BCUT2D eigenvalue weighted by molar-refractivity contribution is 5.93. The molecule has 0 bridgehead atoms. The van der Waals surface area contributed by atoms with Crippen LogP contribution in [0.15, 0.2) is 12.2 Å². The summed E-state index contributed by atoms with van der Waals surface area (Å²) in [5, 5.41) is 0. The molecule has 0 heterocycles. The van der Waals surface area contributed by atoms with E-state index in [-0.39, 0.29) is 11.2 Å². The molecule has 0 spiro atoms. The minimum atomic E-state index is -0.229.